The van der Waals surface area contributed by atoms with E-state index in [4.69, 9.17) is 0 Å². The number of phenolic OH excluding ortho intramolecular Hbond substituents is 2. The van der Waals surface area contributed by atoms with Gasteiger partial charge in [-0.2, -0.15) is 0 Å². The van der Waals surface area contributed by atoms with Crippen LogP contribution in [0.1, 0.15) is 36.0 Å². The quantitative estimate of drug-likeness (QED) is 0.443. The van der Waals surface area contributed by atoms with Gasteiger partial charge in [-0.05, 0) is 43.0 Å². The number of benzene rings is 1. The summed E-state index contributed by atoms with van der Waals surface area (Å²) in [6.07, 6.45) is 5.28. The second-order valence-corrected chi connectivity index (χ2v) is 8.39. The lowest BCUT2D eigenvalue weighted by molar-refractivity contribution is 0.102. The summed E-state index contributed by atoms with van der Waals surface area (Å²) in [5.41, 5.74) is 0.492. The Morgan fingerprint density at radius 2 is 1.85 bits per heavy atom. The molecule has 144 valence electrons. The van der Waals surface area contributed by atoms with E-state index in [1.165, 1.54) is 36.5 Å². The van der Waals surface area contributed by atoms with E-state index in [2.05, 4.69) is 15.0 Å². The first-order chi connectivity index (χ1) is 12.8. The fourth-order valence-electron chi connectivity index (χ4n) is 3.12. The molecule has 0 saturated heterocycles. The molecule has 1 aliphatic rings. The van der Waals surface area contributed by atoms with Crippen LogP contribution < -0.4 is 10.0 Å². The molecular formula is C18H21N3O5S. The molecule has 1 heterocycles. The maximum Gasteiger partial charge on any atom is 0.255 e. The number of aromatic hydroxyl groups is 2. The van der Waals surface area contributed by atoms with Gasteiger partial charge in [0.25, 0.3) is 5.91 Å². The Hall–Kier alpha value is -2.81. The van der Waals surface area contributed by atoms with Crippen molar-refractivity contribution in [1.82, 2.24) is 4.98 Å². The SMILES string of the molecule is O=C(Nc1ccc(O)c(O)c1)c1ccnc(NS(=O)(=O)CC2CCCC2)c1. The van der Waals surface area contributed by atoms with E-state index in [1.807, 2.05) is 0 Å². The Morgan fingerprint density at radius 3 is 2.56 bits per heavy atom. The molecule has 1 fully saturated rings. The molecule has 0 unspecified atom stereocenters. The third kappa shape index (κ3) is 5.10. The maximum absolute atomic E-state index is 12.3. The predicted octanol–water partition coefficient (Wildman–Crippen LogP) is 2.68. The Balaban J connectivity index is 1.68. The summed E-state index contributed by atoms with van der Waals surface area (Å²) >= 11 is 0. The number of aromatic nitrogens is 1. The molecule has 1 amide bonds. The monoisotopic (exact) mass is 391 g/mol. The summed E-state index contributed by atoms with van der Waals surface area (Å²) in [7, 11) is -3.53. The van der Waals surface area contributed by atoms with Crippen LogP contribution in [0, 0.1) is 5.92 Å². The van der Waals surface area contributed by atoms with Gasteiger partial charge < -0.3 is 15.5 Å². The van der Waals surface area contributed by atoms with E-state index in [0.717, 1.165) is 25.7 Å². The predicted molar refractivity (Wildman–Crippen MR) is 101 cm³/mol. The number of nitrogens with zero attached hydrogens (tertiary/aromatic N) is 1. The summed E-state index contributed by atoms with van der Waals surface area (Å²) < 4.78 is 27.0. The van der Waals surface area contributed by atoms with Crippen LogP contribution in [0.3, 0.4) is 0 Å². The topological polar surface area (TPSA) is 129 Å². The highest BCUT2D eigenvalue weighted by molar-refractivity contribution is 7.92. The molecule has 1 aliphatic carbocycles. The van der Waals surface area contributed by atoms with Gasteiger partial charge in [0, 0.05) is 23.5 Å². The number of amides is 1. The molecule has 1 aromatic heterocycles. The maximum atomic E-state index is 12.3. The number of rotatable bonds is 6. The number of sulfonamides is 1. The van der Waals surface area contributed by atoms with Gasteiger partial charge in [-0.1, -0.05) is 12.8 Å². The largest absolute Gasteiger partial charge is 0.504 e. The summed E-state index contributed by atoms with van der Waals surface area (Å²) in [6, 6.07) is 6.69. The summed E-state index contributed by atoms with van der Waals surface area (Å²) in [5.74, 6) is -0.861. The van der Waals surface area contributed by atoms with Gasteiger partial charge in [0.1, 0.15) is 5.82 Å². The molecule has 3 rings (SSSR count). The Labute approximate surface area is 157 Å². The van der Waals surface area contributed by atoms with Crippen LogP contribution in [-0.4, -0.2) is 35.3 Å². The molecule has 1 aromatic carbocycles. The van der Waals surface area contributed by atoms with Gasteiger partial charge in [0.15, 0.2) is 11.5 Å². The highest BCUT2D eigenvalue weighted by atomic mass is 32.2. The van der Waals surface area contributed by atoms with Crippen LogP contribution in [0.15, 0.2) is 36.5 Å². The third-order valence-corrected chi connectivity index (χ3v) is 5.88. The Bertz CT molecular complexity index is 940. The summed E-state index contributed by atoms with van der Waals surface area (Å²) in [5, 5.41) is 21.3. The van der Waals surface area contributed by atoms with E-state index >= 15 is 0 Å². The van der Waals surface area contributed by atoms with Crippen LogP contribution in [0.5, 0.6) is 11.5 Å². The van der Waals surface area contributed by atoms with Crippen molar-refractivity contribution in [2.75, 3.05) is 15.8 Å². The van der Waals surface area contributed by atoms with Crippen molar-refractivity contribution in [2.45, 2.75) is 25.7 Å². The van der Waals surface area contributed by atoms with E-state index in [0.29, 0.717) is 0 Å². The number of hydrogen-bond acceptors (Lipinski definition) is 6. The normalized spacial score (nSPS) is 14.8. The highest BCUT2D eigenvalue weighted by Gasteiger charge is 2.23. The van der Waals surface area contributed by atoms with E-state index < -0.39 is 15.9 Å². The van der Waals surface area contributed by atoms with E-state index in [9.17, 15) is 23.4 Å². The molecule has 8 nitrogen and oxygen atoms in total. The van der Waals surface area contributed by atoms with Gasteiger partial charge in [-0.25, -0.2) is 13.4 Å². The average molecular weight is 391 g/mol. The van der Waals surface area contributed by atoms with Gasteiger partial charge in [-0.3, -0.25) is 9.52 Å². The molecular weight excluding hydrogens is 370 g/mol. The minimum absolute atomic E-state index is 0.0535. The Morgan fingerprint density at radius 1 is 1.11 bits per heavy atom. The first kappa shape index (κ1) is 19.0. The van der Waals surface area contributed by atoms with Crippen molar-refractivity contribution in [2.24, 2.45) is 5.92 Å². The number of anilines is 2. The molecule has 2 aromatic rings. The lowest BCUT2D eigenvalue weighted by Gasteiger charge is -2.12. The van der Waals surface area contributed by atoms with Crippen LogP contribution in [0.2, 0.25) is 0 Å². The number of nitrogens with one attached hydrogen (secondary N) is 2. The van der Waals surface area contributed by atoms with Gasteiger partial charge in [0.05, 0.1) is 5.75 Å². The van der Waals surface area contributed by atoms with Crippen molar-refractivity contribution in [3.05, 3.63) is 42.1 Å². The minimum Gasteiger partial charge on any atom is -0.504 e. The van der Waals surface area contributed by atoms with Gasteiger partial charge in [0.2, 0.25) is 10.0 Å². The van der Waals surface area contributed by atoms with Crippen molar-refractivity contribution < 1.29 is 23.4 Å². The smallest absolute Gasteiger partial charge is 0.255 e. The van der Waals surface area contributed by atoms with Crippen molar-refractivity contribution >= 4 is 27.4 Å². The summed E-state index contributed by atoms with van der Waals surface area (Å²) in [4.78, 5) is 16.3. The van der Waals surface area contributed by atoms with Crippen molar-refractivity contribution in [1.29, 1.82) is 0 Å². The standard InChI is InChI=1S/C18H21N3O5S/c22-15-6-5-14(10-16(15)23)20-18(24)13-7-8-19-17(9-13)21-27(25,26)11-12-3-1-2-4-12/h5-10,12,22-23H,1-4,11H2,(H,19,21)(H,20,24). The second kappa shape index (κ2) is 7.83. The van der Waals surface area contributed by atoms with E-state index in [-0.39, 0.29) is 40.2 Å². The lowest BCUT2D eigenvalue weighted by Crippen LogP contribution is -2.22. The first-order valence-electron chi connectivity index (χ1n) is 8.62. The van der Waals surface area contributed by atoms with Gasteiger partial charge >= 0.3 is 0 Å². The molecule has 9 heteroatoms. The molecule has 1 saturated carbocycles. The zero-order valence-corrected chi connectivity index (χ0v) is 15.4. The molecule has 0 spiro atoms. The molecule has 0 aliphatic heterocycles. The van der Waals surface area contributed by atoms with Crippen LogP contribution in [0.25, 0.3) is 0 Å². The lowest BCUT2D eigenvalue weighted by atomic mass is 10.1. The third-order valence-electron chi connectivity index (χ3n) is 4.45. The fraction of sp³-hybridized carbons (Fsp3) is 0.333. The van der Waals surface area contributed by atoms with Crippen molar-refractivity contribution in [3.8, 4) is 11.5 Å². The molecule has 0 bridgehead atoms. The number of pyridine rings is 1. The molecule has 0 atom stereocenters. The highest BCUT2D eigenvalue weighted by Crippen LogP contribution is 2.28. The van der Waals surface area contributed by atoms with Crippen molar-refractivity contribution in [3.63, 3.8) is 0 Å². The number of hydrogen-bond donors (Lipinski definition) is 4. The average Bonchev–Trinajstić information content (AvgIpc) is 3.10. The number of carbonyl (C=O) groups is 1. The first-order valence-corrected chi connectivity index (χ1v) is 10.3. The molecule has 0 radical (unpaired) electrons. The number of carbonyl (C=O) groups excluding carboxylic acids is 1. The number of phenols is 2. The summed E-state index contributed by atoms with van der Waals surface area (Å²) in [6.45, 7) is 0. The Kier molecular flexibility index (Phi) is 5.50. The second-order valence-electron chi connectivity index (χ2n) is 6.62. The van der Waals surface area contributed by atoms with Crippen LogP contribution >= 0.6 is 0 Å². The zero-order chi connectivity index (χ0) is 19.4. The fourth-order valence-corrected chi connectivity index (χ4v) is 4.59. The van der Waals surface area contributed by atoms with E-state index in [1.54, 1.807) is 0 Å². The molecule has 4 N–H and O–H groups in total. The zero-order valence-electron chi connectivity index (χ0n) is 14.6. The van der Waals surface area contributed by atoms with Crippen LogP contribution in [-0.2, 0) is 10.0 Å². The minimum atomic E-state index is -3.53. The van der Waals surface area contributed by atoms with Gasteiger partial charge in [-0.15, -0.1) is 0 Å². The molecule has 27 heavy (non-hydrogen) atoms. The van der Waals surface area contributed by atoms with Crippen LogP contribution in [0.4, 0.5) is 11.5 Å².